The minimum Gasteiger partial charge on any atom is -0.316 e. The van der Waals surface area contributed by atoms with E-state index in [0.29, 0.717) is 0 Å². The summed E-state index contributed by atoms with van der Waals surface area (Å²) in [5, 5.41) is 7.31. The van der Waals surface area contributed by atoms with Crippen LogP contribution in [0.15, 0.2) is 42.7 Å². The molecule has 88 valence electrons. The van der Waals surface area contributed by atoms with Crippen molar-refractivity contribution in [3.63, 3.8) is 0 Å². The summed E-state index contributed by atoms with van der Waals surface area (Å²) in [6, 6.07) is 10.2. The normalized spacial score (nSPS) is 9.06. The van der Waals surface area contributed by atoms with Crippen LogP contribution in [0.2, 0.25) is 0 Å². The van der Waals surface area contributed by atoms with E-state index >= 15 is 0 Å². The SMILES string of the molecule is CNCc1cccc(-n2cccn2)c1.Cl.Cl. The van der Waals surface area contributed by atoms with E-state index in [2.05, 4.69) is 22.5 Å². The maximum atomic E-state index is 4.18. The minimum absolute atomic E-state index is 0. The molecule has 0 atom stereocenters. The first kappa shape index (κ1) is 15.0. The molecule has 0 fully saturated rings. The molecule has 3 nitrogen and oxygen atoms in total. The number of benzene rings is 1. The van der Waals surface area contributed by atoms with Crippen LogP contribution < -0.4 is 5.32 Å². The summed E-state index contributed by atoms with van der Waals surface area (Å²) >= 11 is 0. The Balaban J connectivity index is 0.00000112. The van der Waals surface area contributed by atoms with E-state index in [1.165, 1.54) is 5.56 Å². The van der Waals surface area contributed by atoms with E-state index in [0.717, 1.165) is 12.2 Å². The molecule has 16 heavy (non-hydrogen) atoms. The number of hydrogen-bond acceptors (Lipinski definition) is 2. The number of aromatic nitrogens is 2. The number of hydrogen-bond donors (Lipinski definition) is 1. The van der Waals surface area contributed by atoms with Gasteiger partial charge in [-0.3, -0.25) is 0 Å². The van der Waals surface area contributed by atoms with Crippen LogP contribution in [0, 0.1) is 0 Å². The lowest BCUT2D eigenvalue weighted by Gasteiger charge is -2.04. The van der Waals surface area contributed by atoms with E-state index < -0.39 is 0 Å². The van der Waals surface area contributed by atoms with Gasteiger partial charge < -0.3 is 5.32 Å². The lowest BCUT2D eigenvalue weighted by molar-refractivity contribution is 0.811. The summed E-state index contributed by atoms with van der Waals surface area (Å²) in [4.78, 5) is 0. The van der Waals surface area contributed by atoms with Crippen LogP contribution in [0.3, 0.4) is 0 Å². The molecule has 0 aliphatic heterocycles. The van der Waals surface area contributed by atoms with Gasteiger partial charge in [-0.05, 0) is 30.8 Å². The highest BCUT2D eigenvalue weighted by Crippen LogP contribution is 2.08. The molecule has 1 aromatic carbocycles. The fourth-order valence-corrected chi connectivity index (χ4v) is 1.43. The summed E-state index contributed by atoms with van der Waals surface area (Å²) in [6.45, 7) is 0.884. The molecule has 0 radical (unpaired) electrons. The highest BCUT2D eigenvalue weighted by molar-refractivity contribution is 5.85. The Morgan fingerprint density at radius 3 is 2.69 bits per heavy atom. The van der Waals surface area contributed by atoms with E-state index in [1.807, 2.05) is 36.1 Å². The van der Waals surface area contributed by atoms with Gasteiger partial charge in [-0.15, -0.1) is 24.8 Å². The topological polar surface area (TPSA) is 29.9 Å². The van der Waals surface area contributed by atoms with Crippen molar-refractivity contribution < 1.29 is 0 Å². The highest BCUT2D eigenvalue weighted by atomic mass is 35.5. The van der Waals surface area contributed by atoms with Crippen LogP contribution in [0.25, 0.3) is 5.69 Å². The zero-order chi connectivity index (χ0) is 9.80. The summed E-state index contributed by atoms with van der Waals surface area (Å²) in [6.07, 6.45) is 3.73. The van der Waals surface area contributed by atoms with Gasteiger partial charge in [0.2, 0.25) is 0 Å². The van der Waals surface area contributed by atoms with Crippen molar-refractivity contribution in [2.24, 2.45) is 0 Å². The average molecular weight is 260 g/mol. The van der Waals surface area contributed by atoms with Crippen molar-refractivity contribution in [3.8, 4) is 5.69 Å². The Hall–Kier alpha value is -1.03. The zero-order valence-corrected chi connectivity index (χ0v) is 10.6. The summed E-state index contributed by atoms with van der Waals surface area (Å²) in [5.41, 5.74) is 2.36. The largest absolute Gasteiger partial charge is 0.316 e. The zero-order valence-electron chi connectivity index (χ0n) is 8.96. The van der Waals surface area contributed by atoms with Gasteiger partial charge in [0.05, 0.1) is 5.69 Å². The third-order valence-electron chi connectivity index (χ3n) is 2.06. The first-order valence-electron chi connectivity index (χ1n) is 4.64. The molecule has 0 saturated heterocycles. The Morgan fingerprint density at radius 1 is 1.25 bits per heavy atom. The van der Waals surface area contributed by atoms with Crippen LogP contribution >= 0.6 is 24.8 Å². The number of nitrogens with one attached hydrogen (secondary N) is 1. The van der Waals surface area contributed by atoms with Crippen LogP contribution in [0.5, 0.6) is 0 Å². The third kappa shape index (κ3) is 3.52. The standard InChI is InChI=1S/C11H13N3.2ClH/c1-12-9-10-4-2-5-11(8-10)14-7-3-6-13-14;;/h2-8,12H,9H2,1H3;2*1H. The predicted molar refractivity (Wildman–Crippen MR) is 70.8 cm³/mol. The van der Waals surface area contributed by atoms with E-state index in [-0.39, 0.29) is 24.8 Å². The first-order valence-corrected chi connectivity index (χ1v) is 4.64. The Morgan fingerprint density at radius 2 is 2.06 bits per heavy atom. The van der Waals surface area contributed by atoms with Crippen LogP contribution in [0.1, 0.15) is 5.56 Å². The molecule has 0 spiro atoms. The summed E-state index contributed by atoms with van der Waals surface area (Å²) in [5.74, 6) is 0. The first-order chi connectivity index (χ1) is 6.90. The van der Waals surface area contributed by atoms with Gasteiger partial charge in [0.15, 0.2) is 0 Å². The second-order valence-electron chi connectivity index (χ2n) is 3.15. The summed E-state index contributed by atoms with van der Waals surface area (Å²) < 4.78 is 1.86. The Labute approximate surface area is 108 Å². The second-order valence-corrected chi connectivity index (χ2v) is 3.15. The third-order valence-corrected chi connectivity index (χ3v) is 2.06. The Kier molecular flexibility index (Phi) is 6.81. The van der Waals surface area contributed by atoms with E-state index in [9.17, 15) is 0 Å². The van der Waals surface area contributed by atoms with Crippen molar-refractivity contribution >= 4 is 24.8 Å². The molecular weight excluding hydrogens is 245 g/mol. The minimum atomic E-state index is 0. The second kappa shape index (κ2) is 7.28. The van der Waals surface area contributed by atoms with Crippen LogP contribution in [-0.4, -0.2) is 16.8 Å². The van der Waals surface area contributed by atoms with Gasteiger partial charge >= 0.3 is 0 Å². The fourth-order valence-electron chi connectivity index (χ4n) is 1.43. The number of rotatable bonds is 3. The van der Waals surface area contributed by atoms with Gasteiger partial charge in [-0.1, -0.05) is 12.1 Å². The quantitative estimate of drug-likeness (QED) is 0.918. The van der Waals surface area contributed by atoms with Crippen molar-refractivity contribution in [3.05, 3.63) is 48.3 Å². The molecule has 0 unspecified atom stereocenters. The Bertz CT molecular complexity index is 401. The molecule has 1 N–H and O–H groups in total. The predicted octanol–water partition coefficient (Wildman–Crippen LogP) is 2.44. The average Bonchev–Trinajstić information content (AvgIpc) is 2.71. The van der Waals surface area contributed by atoms with Crippen molar-refractivity contribution in [2.75, 3.05) is 7.05 Å². The van der Waals surface area contributed by atoms with E-state index in [4.69, 9.17) is 0 Å². The number of halogens is 2. The lowest BCUT2D eigenvalue weighted by Crippen LogP contribution is -2.05. The van der Waals surface area contributed by atoms with Gasteiger partial charge in [-0.25, -0.2) is 4.68 Å². The van der Waals surface area contributed by atoms with Gasteiger partial charge in [-0.2, -0.15) is 5.10 Å². The lowest BCUT2D eigenvalue weighted by atomic mass is 10.2. The molecule has 1 heterocycles. The molecule has 1 aromatic heterocycles. The highest BCUT2D eigenvalue weighted by Gasteiger charge is 1.96. The molecule has 0 aliphatic rings. The van der Waals surface area contributed by atoms with E-state index in [1.54, 1.807) is 6.20 Å². The monoisotopic (exact) mass is 259 g/mol. The van der Waals surface area contributed by atoms with Crippen molar-refractivity contribution in [1.82, 2.24) is 15.1 Å². The van der Waals surface area contributed by atoms with Crippen molar-refractivity contribution in [2.45, 2.75) is 6.54 Å². The molecule has 0 aliphatic carbocycles. The molecule has 2 rings (SSSR count). The fraction of sp³-hybridized carbons (Fsp3) is 0.182. The van der Waals surface area contributed by atoms with Gasteiger partial charge in [0.25, 0.3) is 0 Å². The van der Waals surface area contributed by atoms with Crippen molar-refractivity contribution in [1.29, 1.82) is 0 Å². The van der Waals surface area contributed by atoms with Crippen LogP contribution in [0.4, 0.5) is 0 Å². The van der Waals surface area contributed by atoms with Crippen LogP contribution in [-0.2, 0) is 6.54 Å². The molecule has 0 amide bonds. The smallest absolute Gasteiger partial charge is 0.0648 e. The molecular formula is C11H15Cl2N3. The molecule has 0 bridgehead atoms. The van der Waals surface area contributed by atoms with Gasteiger partial charge in [0, 0.05) is 18.9 Å². The summed E-state index contributed by atoms with van der Waals surface area (Å²) in [7, 11) is 1.95. The maximum Gasteiger partial charge on any atom is 0.0648 e. The van der Waals surface area contributed by atoms with Gasteiger partial charge in [0.1, 0.15) is 0 Å². The molecule has 0 saturated carbocycles. The maximum absolute atomic E-state index is 4.18. The number of nitrogens with zero attached hydrogens (tertiary/aromatic N) is 2. The molecule has 2 aromatic rings. The molecule has 5 heteroatoms.